The smallest absolute Gasteiger partial charge is 0.278 e. The van der Waals surface area contributed by atoms with Gasteiger partial charge in [0.2, 0.25) is 5.95 Å². The molecule has 3 rings (SSSR count). The fraction of sp³-hybridized carbons (Fsp3) is 0.312. The molecule has 0 radical (unpaired) electrons. The highest BCUT2D eigenvalue weighted by Crippen LogP contribution is 2.22. The van der Waals surface area contributed by atoms with Crippen LogP contribution in [0.4, 0.5) is 5.95 Å². The van der Waals surface area contributed by atoms with Crippen LogP contribution in [-0.4, -0.2) is 23.9 Å². The van der Waals surface area contributed by atoms with Gasteiger partial charge < -0.3 is 9.88 Å². The van der Waals surface area contributed by atoms with Crippen molar-refractivity contribution in [1.82, 2.24) is 19.5 Å². The number of fused-ring (bicyclic) bond motifs is 1. The van der Waals surface area contributed by atoms with Gasteiger partial charge in [0, 0.05) is 13.1 Å². The van der Waals surface area contributed by atoms with Crippen LogP contribution in [0.25, 0.3) is 11.2 Å². The maximum absolute atomic E-state index is 12.4. The van der Waals surface area contributed by atoms with Gasteiger partial charge in [-0.05, 0) is 35.0 Å². The first-order chi connectivity index (χ1) is 12.1. The highest BCUT2D eigenvalue weighted by atomic mass is 127. The normalized spacial score (nSPS) is 11.2. The van der Waals surface area contributed by atoms with Crippen LogP contribution in [0.15, 0.2) is 29.3 Å². The molecule has 0 saturated heterocycles. The number of halogens is 3. The zero-order valence-electron chi connectivity index (χ0n) is 13.2. The van der Waals surface area contributed by atoms with Crippen molar-refractivity contribution >= 4 is 62.9 Å². The Kier molecular flexibility index (Phi) is 6.19. The molecule has 9 heteroatoms. The Morgan fingerprint density at radius 2 is 2.08 bits per heavy atom. The van der Waals surface area contributed by atoms with Gasteiger partial charge in [-0.25, -0.2) is 4.98 Å². The molecule has 2 aromatic heterocycles. The number of hydrogen-bond acceptors (Lipinski definition) is 4. The van der Waals surface area contributed by atoms with Crippen LogP contribution in [0.3, 0.4) is 0 Å². The summed E-state index contributed by atoms with van der Waals surface area (Å²) in [5, 5.41) is 4.08. The average Bonchev–Trinajstić information content (AvgIpc) is 3.00. The number of hydrogen-bond donors (Lipinski definition) is 2. The molecule has 0 aliphatic carbocycles. The molecule has 0 saturated carbocycles. The first-order valence-electron chi connectivity index (χ1n) is 7.77. The molecule has 3 aromatic rings. The Labute approximate surface area is 168 Å². The lowest BCUT2D eigenvalue weighted by molar-refractivity contribution is 0.650. The minimum Gasteiger partial charge on any atom is -0.352 e. The van der Waals surface area contributed by atoms with E-state index in [2.05, 4.69) is 42.9 Å². The van der Waals surface area contributed by atoms with E-state index in [9.17, 15) is 4.79 Å². The number of benzene rings is 1. The lowest BCUT2D eigenvalue weighted by Gasteiger charge is -2.07. The zero-order chi connectivity index (χ0) is 17.8. The number of aryl methyl sites for hydroxylation is 1. The average molecular weight is 492 g/mol. The van der Waals surface area contributed by atoms with Gasteiger partial charge in [0.05, 0.1) is 16.4 Å². The van der Waals surface area contributed by atoms with Crippen LogP contribution < -0.4 is 10.9 Å². The summed E-state index contributed by atoms with van der Waals surface area (Å²) in [7, 11) is 0. The van der Waals surface area contributed by atoms with Crippen LogP contribution in [0.1, 0.15) is 18.4 Å². The second-order valence-electron chi connectivity index (χ2n) is 5.52. The quantitative estimate of drug-likeness (QED) is 0.294. The Bertz CT molecular complexity index is 940. The molecule has 1 aromatic carbocycles. The van der Waals surface area contributed by atoms with Gasteiger partial charge in [-0.1, -0.05) is 51.9 Å². The van der Waals surface area contributed by atoms with Crippen molar-refractivity contribution < 1.29 is 0 Å². The number of aromatic nitrogens is 4. The van der Waals surface area contributed by atoms with E-state index < -0.39 is 0 Å². The molecule has 0 fully saturated rings. The summed E-state index contributed by atoms with van der Waals surface area (Å²) >= 11 is 14.3. The molecule has 0 amide bonds. The molecule has 25 heavy (non-hydrogen) atoms. The minimum atomic E-state index is -0.200. The van der Waals surface area contributed by atoms with E-state index in [1.54, 1.807) is 18.5 Å². The van der Waals surface area contributed by atoms with E-state index in [4.69, 9.17) is 23.2 Å². The predicted molar refractivity (Wildman–Crippen MR) is 110 cm³/mol. The van der Waals surface area contributed by atoms with Gasteiger partial charge in [0.15, 0.2) is 11.2 Å². The minimum absolute atomic E-state index is 0.200. The second-order valence-corrected chi connectivity index (χ2v) is 7.42. The number of aromatic amines is 1. The molecule has 132 valence electrons. The third-order valence-electron chi connectivity index (χ3n) is 3.71. The number of nitrogens with one attached hydrogen (secondary N) is 2. The number of alkyl halides is 1. The lowest BCUT2D eigenvalue weighted by atomic mass is 10.2. The van der Waals surface area contributed by atoms with E-state index in [1.165, 1.54) is 0 Å². The number of imidazole rings is 1. The Balaban J connectivity index is 1.76. The van der Waals surface area contributed by atoms with Gasteiger partial charge in [-0.15, -0.1) is 0 Å². The van der Waals surface area contributed by atoms with Crippen molar-refractivity contribution in [2.45, 2.75) is 25.9 Å². The van der Waals surface area contributed by atoms with Crippen LogP contribution in [0, 0.1) is 0 Å². The zero-order valence-corrected chi connectivity index (χ0v) is 16.9. The largest absolute Gasteiger partial charge is 0.352 e. The number of nitrogens with zero attached hydrogens (tertiary/aromatic N) is 3. The summed E-state index contributed by atoms with van der Waals surface area (Å²) in [6.07, 6.45) is 3.78. The second kappa shape index (κ2) is 8.37. The van der Waals surface area contributed by atoms with Gasteiger partial charge in [-0.2, -0.15) is 4.98 Å². The van der Waals surface area contributed by atoms with Gasteiger partial charge in [0.25, 0.3) is 5.56 Å². The van der Waals surface area contributed by atoms with Crippen molar-refractivity contribution in [3.63, 3.8) is 0 Å². The monoisotopic (exact) mass is 491 g/mol. The molecular formula is C16H16Cl2IN5O. The summed E-state index contributed by atoms with van der Waals surface area (Å²) in [6, 6.07) is 5.37. The molecule has 0 aliphatic rings. The predicted octanol–water partition coefficient (Wildman–Crippen LogP) is 4.25. The third kappa shape index (κ3) is 4.45. The molecule has 0 atom stereocenters. The van der Waals surface area contributed by atoms with Crippen molar-refractivity contribution in [1.29, 1.82) is 0 Å². The lowest BCUT2D eigenvalue weighted by Crippen LogP contribution is -2.15. The first-order valence-corrected chi connectivity index (χ1v) is 10.1. The van der Waals surface area contributed by atoms with Crippen LogP contribution in [0.5, 0.6) is 0 Å². The standard InChI is InChI=1S/C16H16Cl2IN5O/c17-11-4-3-10(7-12(11)18)8-20-16-22-14-13(15(25)23-16)24(9-21-14)6-2-1-5-19/h3-4,7,9H,1-2,5-6,8H2,(H2,20,22,23,25). The van der Waals surface area contributed by atoms with Gasteiger partial charge in [-0.3, -0.25) is 9.78 Å². The van der Waals surface area contributed by atoms with E-state index in [0.717, 1.165) is 29.4 Å². The third-order valence-corrected chi connectivity index (χ3v) is 5.21. The highest BCUT2D eigenvalue weighted by molar-refractivity contribution is 14.1. The maximum atomic E-state index is 12.4. The Hall–Kier alpha value is -1.32. The van der Waals surface area contributed by atoms with Gasteiger partial charge in [0.1, 0.15) is 0 Å². The number of anilines is 1. The van der Waals surface area contributed by atoms with Crippen LogP contribution >= 0.6 is 45.8 Å². The topological polar surface area (TPSA) is 75.6 Å². The number of H-pyrrole nitrogens is 1. The summed E-state index contributed by atoms with van der Waals surface area (Å²) < 4.78 is 2.96. The SMILES string of the molecule is O=c1[nH]c(NCc2ccc(Cl)c(Cl)c2)nc2ncn(CCCCI)c12. The van der Waals surface area contributed by atoms with E-state index >= 15 is 0 Å². The van der Waals surface area contributed by atoms with E-state index in [0.29, 0.717) is 33.7 Å². The molecule has 0 unspecified atom stereocenters. The van der Waals surface area contributed by atoms with Crippen molar-refractivity contribution in [2.75, 3.05) is 9.74 Å². The van der Waals surface area contributed by atoms with E-state index in [1.807, 2.05) is 10.6 Å². The molecule has 6 nitrogen and oxygen atoms in total. The highest BCUT2D eigenvalue weighted by Gasteiger charge is 2.10. The summed E-state index contributed by atoms with van der Waals surface area (Å²) in [4.78, 5) is 23.8. The number of unbranched alkanes of at least 4 members (excludes halogenated alkanes) is 1. The molecule has 2 N–H and O–H groups in total. The number of rotatable bonds is 7. The van der Waals surface area contributed by atoms with Crippen LogP contribution in [-0.2, 0) is 13.1 Å². The molecule has 0 bridgehead atoms. The molecular weight excluding hydrogens is 476 g/mol. The molecule has 0 aliphatic heterocycles. The van der Waals surface area contributed by atoms with Crippen molar-refractivity contribution in [3.05, 3.63) is 50.5 Å². The first kappa shape index (κ1) is 18.5. The van der Waals surface area contributed by atoms with Gasteiger partial charge >= 0.3 is 0 Å². The molecule has 0 spiro atoms. The summed E-state index contributed by atoms with van der Waals surface area (Å²) in [6.45, 7) is 1.22. The summed E-state index contributed by atoms with van der Waals surface area (Å²) in [5.74, 6) is 0.376. The van der Waals surface area contributed by atoms with E-state index in [-0.39, 0.29) is 5.56 Å². The Morgan fingerprint density at radius 1 is 1.24 bits per heavy atom. The summed E-state index contributed by atoms with van der Waals surface area (Å²) in [5.41, 5.74) is 1.68. The maximum Gasteiger partial charge on any atom is 0.278 e. The van der Waals surface area contributed by atoms with Crippen LogP contribution in [0.2, 0.25) is 10.0 Å². The fourth-order valence-electron chi connectivity index (χ4n) is 2.45. The fourth-order valence-corrected chi connectivity index (χ4v) is 3.31. The Morgan fingerprint density at radius 3 is 2.84 bits per heavy atom. The van der Waals surface area contributed by atoms with Crippen molar-refractivity contribution in [2.24, 2.45) is 0 Å². The van der Waals surface area contributed by atoms with Crippen molar-refractivity contribution in [3.8, 4) is 0 Å². The molecule has 2 heterocycles.